The van der Waals surface area contributed by atoms with Crippen LogP contribution >= 0.6 is 11.6 Å². The molecule has 10 heteroatoms. The highest BCUT2D eigenvalue weighted by Gasteiger charge is 2.19. The van der Waals surface area contributed by atoms with E-state index in [1.54, 1.807) is 28.8 Å². The van der Waals surface area contributed by atoms with E-state index >= 15 is 0 Å². The Balaban J connectivity index is 2.05. The molecule has 1 N–H and O–H groups in total. The smallest absolute Gasteiger partial charge is 0.333 e. The molecule has 0 unspecified atom stereocenters. The zero-order chi connectivity index (χ0) is 20.0. The predicted molar refractivity (Wildman–Crippen MR) is 99.4 cm³/mol. The molecule has 0 aliphatic carbocycles. The lowest BCUT2D eigenvalue weighted by Crippen LogP contribution is -2.41. The number of benzene rings is 2. The minimum absolute atomic E-state index is 0.00225. The largest absolute Gasteiger partial charge is 0.480 e. The molecule has 4 rings (SSSR count). The first-order chi connectivity index (χ1) is 13.4. The van der Waals surface area contributed by atoms with Gasteiger partial charge in [0.2, 0.25) is 5.78 Å². The number of carboxylic acid groups (broad SMARTS) is 1. The SMILES string of the molecule is O=C(O)Cn1nc2n(Cc3ccc(Cl)cc3F)c3ccccc3n2c(=O)c1=O. The topological polar surface area (TPSA) is 98.6 Å². The second kappa shape index (κ2) is 6.61. The van der Waals surface area contributed by atoms with E-state index in [4.69, 9.17) is 16.7 Å². The van der Waals surface area contributed by atoms with E-state index < -0.39 is 29.4 Å². The highest BCUT2D eigenvalue weighted by molar-refractivity contribution is 6.30. The fourth-order valence-electron chi connectivity index (χ4n) is 3.09. The first kappa shape index (κ1) is 17.9. The van der Waals surface area contributed by atoms with E-state index in [2.05, 4.69) is 5.10 Å². The Morgan fingerprint density at radius 1 is 1.11 bits per heavy atom. The number of aliphatic carboxylic acids is 1. The van der Waals surface area contributed by atoms with Crippen LogP contribution in [0.15, 0.2) is 52.1 Å². The van der Waals surface area contributed by atoms with Crippen molar-refractivity contribution in [1.29, 1.82) is 0 Å². The molecule has 0 amide bonds. The summed E-state index contributed by atoms with van der Waals surface area (Å²) in [4.78, 5) is 35.9. The van der Waals surface area contributed by atoms with E-state index in [-0.39, 0.29) is 22.9 Å². The van der Waals surface area contributed by atoms with Gasteiger partial charge in [-0.25, -0.2) is 13.5 Å². The lowest BCUT2D eigenvalue weighted by Gasteiger charge is -2.08. The van der Waals surface area contributed by atoms with Crippen LogP contribution in [0, 0.1) is 5.82 Å². The van der Waals surface area contributed by atoms with Gasteiger partial charge in [-0.05, 0) is 24.3 Å². The molecule has 4 aromatic rings. The number of carboxylic acids is 1. The predicted octanol–water partition coefficient (Wildman–Crippen LogP) is 1.74. The molecule has 2 aromatic carbocycles. The van der Waals surface area contributed by atoms with Crippen LogP contribution in [0.25, 0.3) is 16.8 Å². The van der Waals surface area contributed by atoms with Crippen molar-refractivity contribution in [3.8, 4) is 0 Å². The first-order valence-electron chi connectivity index (χ1n) is 8.13. The molecule has 0 bridgehead atoms. The Morgan fingerprint density at radius 2 is 1.82 bits per heavy atom. The molecule has 28 heavy (non-hydrogen) atoms. The minimum Gasteiger partial charge on any atom is -0.480 e. The zero-order valence-corrected chi connectivity index (χ0v) is 14.9. The Hall–Kier alpha value is -3.46. The van der Waals surface area contributed by atoms with Crippen molar-refractivity contribution in [2.24, 2.45) is 0 Å². The van der Waals surface area contributed by atoms with Gasteiger partial charge in [-0.3, -0.25) is 14.4 Å². The van der Waals surface area contributed by atoms with Crippen molar-refractivity contribution in [2.75, 3.05) is 0 Å². The third-order valence-electron chi connectivity index (χ3n) is 4.31. The maximum Gasteiger partial charge on any atom is 0.333 e. The third kappa shape index (κ3) is 2.85. The summed E-state index contributed by atoms with van der Waals surface area (Å²) < 4.78 is 17.6. The first-order valence-corrected chi connectivity index (χ1v) is 8.51. The van der Waals surface area contributed by atoms with Gasteiger partial charge in [0.1, 0.15) is 12.4 Å². The van der Waals surface area contributed by atoms with Crippen LogP contribution in [0.2, 0.25) is 5.02 Å². The van der Waals surface area contributed by atoms with Crippen LogP contribution in [0.4, 0.5) is 4.39 Å². The standard InChI is InChI=1S/C18H12ClFN4O4/c19-11-6-5-10(12(20)7-11)8-22-13-3-1-2-4-14(13)24-17(28)16(27)23(9-15(25)26)21-18(22)24/h1-7H,8-9H2,(H,25,26). The van der Waals surface area contributed by atoms with Gasteiger partial charge in [-0.15, -0.1) is 5.10 Å². The fraction of sp³-hybridized carbons (Fsp3) is 0.111. The molecule has 2 aromatic heterocycles. The van der Waals surface area contributed by atoms with Gasteiger partial charge in [-0.1, -0.05) is 29.8 Å². The number of imidazole rings is 1. The van der Waals surface area contributed by atoms with Crippen LogP contribution in [-0.4, -0.2) is 29.8 Å². The van der Waals surface area contributed by atoms with Gasteiger partial charge in [0.25, 0.3) is 0 Å². The highest BCUT2D eigenvalue weighted by Crippen LogP contribution is 2.21. The Bertz CT molecular complexity index is 1370. The lowest BCUT2D eigenvalue weighted by molar-refractivity contribution is -0.138. The number of carbonyl (C=O) groups is 1. The molecule has 2 heterocycles. The second-order valence-electron chi connectivity index (χ2n) is 6.11. The maximum atomic E-state index is 14.3. The van der Waals surface area contributed by atoms with Gasteiger partial charge < -0.3 is 9.67 Å². The molecule has 0 aliphatic heterocycles. The average Bonchev–Trinajstić information content (AvgIpc) is 2.95. The van der Waals surface area contributed by atoms with E-state index in [1.165, 1.54) is 18.2 Å². The monoisotopic (exact) mass is 402 g/mol. The van der Waals surface area contributed by atoms with E-state index in [9.17, 15) is 18.8 Å². The van der Waals surface area contributed by atoms with Gasteiger partial charge in [0.05, 0.1) is 17.6 Å². The van der Waals surface area contributed by atoms with Crippen LogP contribution in [0.5, 0.6) is 0 Å². The molecule has 8 nitrogen and oxygen atoms in total. The van der Waals surface area contributed by atoms with Gasteiger partial charge in [-0.2, -0.15) is 0 Å². The minimum atomic E-state index is -1.32. The van der Waals surface area contributed by atoms with E-state index in [0.717, 1.165) is 4.40 Å². The van der Waals surface area contributed by atoms with Crippen LogP contribution in [0.3, 0.4) is 0 Å². The molecule has 0 radical (unpaired) electrons. The molecule has 0 fully saturated rings. The summed E-state index contributed by atoms with van der Waals surface area (Å²) in [5.74, 6) is -1.82. The van der Waals surface area contributed by atoms with Crippen molar-refractivity contribution in [3.63, 3.8) is 0 Å². The lowest BCUT2D eigenvalue weighted by atomic mass is 10.2. The van der Waals surface area contributed by atoms with Crippen LogP contribution in [-0.2, 0) is 17.9 Å². The molecule has 0 aliphatic rings. The average molecular weight is 403 g/mol. The number of aromatic nitrogens is 4. The van der Waals surface area contributed by atoms with Crippen molar-refractivity contribution in [3.05, 3.63) is 79.6 Å². The van der Waals surface area contributed by atoms with Crippen molar-refractivity contribution < 1.29 is 14.3 Å². The molecule has 0 spiro atoms. The number of hydrogen-bond donors (Lipinski definition) is 1. The molecular formula is C18H12ClFN4O4. The Labute approximate surface area is 160 Å². The number of halogens is 2. The molecule has 0 atom stereocenters. The van der Waals surface area contributed by atoms with Crippen molar-refractivity contribution in [2.45, 2.75) is 13.1 Å². The van der Waals surface area contributed by atoms with Crippen LogP contribution in [0.1, 0.15) is 5.56 Å². The Morgan fingerprint density at radius 3 is 2.50 bits per heavy atom. The third-order valence-corrected chi connectivity index (χ3v) is 4.55. The van der Waals surface area contributed by atoms with Crippen molar-refractivity contribution in [1.82, 2.24) is 18.7 Å². The van der Waals surface area contributed by atoms with Crippen molar-refractivity contribution >= 4 is 34.4 Å². The molecule has 0 saturated carbocycles. The van der Waals surface area contributed by atoms with Gasteiger partial charge in [0, 0.05) is 10.6 Å². The zero-order valence-electron chi connectivity index (χ0n) is 14.2. The highest BCUT2D eigenvalue weighted by atomic mass is 35.5. The number of fused-ring (bicyclic) bond motifs is 3. The number of para-hydroxylation sites is 2. The summed E-state index contributed by atoms with van der Waals surface area (Å²) >= 11 is 5.80. The number of rotatable bonds is 4. The van der Waals surface area contributed by atoms with Gasteiger partial charge in [0.15, 0.2) is 0 Å². The maximum absolute atomic E-state index is 14.3. The van der Waals surface area contributed by atoms with E-state index in [0.29, 0.717) is 15.7 Å². The van der Waals surface area contributed by atoms with Crippen LogP contribution < -0.4 is 11.1 Å². The summed E-state index contributed by atoms with van der Waals surface area (Å²) in [5, 5.41) is 13.3. The summed E-state index contributed by atoms with van der Waals surface area (Å²) in [6.07, 6.45) is 0. The number of hydrogen-bond acceptors (Lipinski definition) is 4. The second-order valence-corrected chi connectivity index (χ2v) is 6.54. The Kier molecular flexibility index (Phi) is 4.23. The fourth-order valence-corrected chi connectivity index (χ4v) is 3.25. The number of nitrogens with zero attached hydrogens (tertiary/aromatic N) is 4. The molecule has 142 valence electrons. The molecular weight excluding hydrogens is 391 g/mol. The summed E-state index contributed by atoms with van der Waals surface area (Å²) in [6, 6.07) is 11.0. The quantitative estimate of drug-likeness (QED) is 0.524. The summed E-state index contributed by atoms with van der Waals surface area (Å²) in [5.41, 5.74) is -0.756. The summed E-state index contributed by atoms with van der Waals surface area (Å²) in [7, 11) is 0. The van der Waals surface area contributed by atoms with Gasteiger partial charge >= 0.3 is 17.1 Å². The van der Waals surface area contributed by atoms with E-state index in [1.807, 2.05) is 0 Å². The normalized spacial score (nSPS) is 11.4. The summed E-state index contributed by atoms with van der Waals surface area (Å²) in [6.45, 7) is -0.765. The molecule has 0 saturated heterocycles.